The zero-order valence-electron chi connectivity index (χ0n) is 15.8. The monoisotopic (exact) mass is 399 g/mol. The lowest BCUT2D eigenvalue weighted by Gasteiger charge is -2.18. The molecule has 0 aliphatic heterocycles. The molecule has 1 aromatic carbocycles. The summed E-state index contributed by atoms with van der Waals surface area (Å²) in [6, 6.07) is 10.0. The molecule has 3 aromatic rings. The highest BCUT2D eigenvalue weighted by molar-refractivity contribution is 7.89. The number of anilines is 1. The van der Waals surface area contributed by atoms with Gasteiger partial charge in [-0.2, -0.15) is 9.40 Å². The van der Waals surface area contributed by atoms with Gasteiger partial charge in [-0.3, -0.25) is 4.79 Å². The van der Waals surface area contributed by atoms with Gasteiger partial charge in [0.2, 0.25) is 15.9 Å². The second-order valence-electron chi connectivity index (χ2n) is 6.38. The molecule has 146 valence electrons. The fraction of sp³-hybridized carbons (Fsp3) is 0.211. The number of hydrogen-bond donors (Lipinski definition) is 1. The van der Waals surface area contributed by atoms with Crippen molar-refractivity contribution in [1.29, 1.82) is 0 Å². The standard InChI is InChI=1S/C19H21N5O3S/c1-14-7-8-16(12-15(14)2)28(26,27)23(3)13-18(25)22-17-6-4-9-20-19(17)24-11-5-10-21-24/h4-12H,13H2,1-3H3,(H,22,25). The maximum absolute atomic E-state index is 12.8. The van der Waals surface area contributed by atoms with Crippen LogP contribution < -0.4 is 5.32 Å². The van der Waals surface area contributed by atoms with Crippen molar-refractivity contribution in [3.05, 3.63) is 66.1 Å². The lowest BCUT2D eigenvalue weighted by Crippen LogP contribution is -2.35. The van der Waals surface area contributed by atoms with Crippen LogP contribution in [0.15, 0.2) is 59.9 Å². The number of aromatic nitrogens is 3. The van der Waals surface area contributed by atoms with Gasteiger partial charge in [0.25, 0.3) is 0 Å². The molecule has 0 saturated carbocycles. The smallest absolute Gasteiger partial charge is 0.243 e. The molecule has 1 amide bonds. The Morgan fingerprint density at radius 2 is 1.93 bits per heavy atom. The van der Waals surface area contributed by atoms with E-state index in [1.807, 2.05) is 13.8 Å². The second-order valence-corrected chi connectivity index (χ2v) is 8.43. The van der Waals surface area contributed by atoms with Crippen LogP contribution >= 0.6 is 0 Å². The topological polar surface area (TPSA) is 97.2 Å². The lowest BCUT2D eigenvalue weighted by molar-refractivity contribution is -0.116. The van der Waals surface area contributed by atoms with Crippen LogP contribution in [0.5, 0.6) is 0 Å². The average molecular weight is 399 g/mol. The van der Waals surface area contributed by atoms with E-state index in [-0.39, 0.29) is 11.4 Å². The summed E-state index contributed by atoms with van der Waals surface area (Å²) in [7, 11) is -2.40. The SMILES string of the molecule is Cc1ccc(S(=O)(=O)N(C)CC(=O)Nc2cccnc2-n2cccn2)cc1C. The first-order valence-electron chi connectivity index (χ1n) is 8.57. The Balaban J connectivity index is 1.76. The number of pyridine rings is 1. The number of rotatable bonds is 6. The number of nitrogens with one attached hydrogen (secondary N) is 1. The van der Waals surface area contributed by atoms with E-state index in [4.69, 9.17) is 0 Å². The molecule has 28 heavy (non-hydrogen) atoms. The Bertz CT molecular complexity index is 1090. The Hall–Kier alpha value is -3.04. The van der Waals surface area contributed by atoms with Gasteiger partial charge in [-0.15, -0.1) is 0 Å². The molecular weight excluding hydrogens is 378 g/mol. The Morgan fingerprint density at radius 3 is 2.61 bits per heavy atom. The highest BCUT2D eigenvalue weighted by Crippen LogP contribution is 2.19. The lowest BCUT2D eigenvalue weighted by atomic mass is 10.1. The molecule has 2 aromatic heterocycles. The van der Waals surface area contributed by atoms with Gasteiger partial charge >= 0.3 is 0 Å². The van der Waals surface area contributed by atoms with Crippen molar-refractivity contribution in [3.8, 4) is 5.82 Å². The third kappa shape index (κ3) is 4.10. The molecule has 0 aliphatic carbocycles. The molecule has 0 radical (unpaired) electrons. The molecule has 8 nitrogen and oxygen atoms in total. The molecular formula is C19H21N5O3S. The van der Waals surface area contributed by atoms with E-state index in [0.717, 1.165) is 15.4 Å². The minimum absolute atomic E-state index is 0.157. The first-order valence-corrected chi connectivity index (χ1v) is 10.0. The number of aryl methyl sites for hydroxylation is 2. The fourth-order valence-corrected chi connectivity index (χ4v) is 3.82. The van der Waals surface area contributed by atoms with Gasteiger partial charge in [-0.1, -0.05) is 6.07 Å². The van der Waals surface area contributed by atoms with Gasteiger partial charge in [0.1, 0.15) is 0 Å². The number of likely N-dealkylation sites (N-methyl/N-ethyl adjacent to an activating group) is 1. The van der Waals surface area contributed by atoms with E-state index in [9.17, 15) is 13.2 Å². The molecule has 3 rings (SSSR count). The third-order valence-electron chi connectivity index (χ3n) is 4.33. The second kappa shape index (κ2) is 7.91. The summed E-state index contributed by atoms with van der Waals surface area (Å²) in [5.41, 5.74) is 2.31. The highest BCUT2D eigenvalue weighted by atomic mass is 32.2. The predicted molar refractivity (Wildman–Crippen MR) is 106 cm³/mol. The zero-order valence-corrected chi connectivity index (χ0v) is 16.6. The molecule has 0 saturated heterocycles. The van der Waals surface area contributed by atoms with E-state index < -0.39 is 15.9 Å². The molecule has 0 atom stereocenters. The van der Waals surface area contributed by atoms with E-state index >= 15 is 0 Å². The van der Waals surface area contributed by atoms with Crippen molar-refractivity contribution in [3.63, 3.8) is 0 Å². The van der Waals surface area contributed by atoms with Crippen LogP contribution in [0.4, 0.5) is 5.69 Å². The summed E-state index contributed by atoms with van der Waals surface area (Å²) in [6.45, 7) is 3.43. The van der Waals surface area contributed by atoms with Crippen LogP contribution in [0.1, 0.15) is 11.1 Å². The van der Waals surface area contributed by atoms with Crippen molar-refractivity contribution in [2.45, 2.75) is 18.7 Å². The van der Waals surface area contributed by atoms with E-state index in [0.29, 0.717) is 11.5 Å². The van der Waals surface area contributed by atoms with E-state index in [1.165, 1.54) is 11.7 Å². The van der Waals surface area contributed by atoms with E-state index in [2.05, 4.69) is 15.4 Å². The number of carbonyl (C=O) groups excluding carboxylic acids is 1. The van der Waals surface area contributed by atoms with Gasteiger partial charge in [0, 0.05) is 25.6 Å². The fourth-order valence-electron chi connectivity index (χ4n) is 2.60. The number of nitrogens with zero attached hydrogens (tertiary/aromatic N) is 4. The molecule has 0 bridgehead atoms. The third-order valence-corrected chi connectivity index (χ3v) is 6.13. The molecule has 0 aliphatic rings. The Kier molecular flexibility index (Phi) is 5.57. The Labute approximate surface area is 163 Å². The minimum atomic E-state index is -3.78. The number of benzene rings is 1. The summed E-state index contributed by atoms with van der Waals surface area (Å²) >= 11 is 0. The first kappa shape index (κ1) is 19.7. The van der Waals surface area contributed by atoms with E-state index in [1.54, 1.807) is 55.0 Å². The summed E-state index contributed by atoms with van der Waals surface area (Å²) in [5.74, 6) is -0.0307. The maximum Gasteiger partial charge on any atom is 0.243 e. The molecule has 0 fully saturated rings. The quantitative estimate of drug-likeness (QED) is 0.685. The number of carbonyl (C=O) groups is 1. The molecule has 0 spiro atoms. The summed E-state index contributed by atoms with van der Waals surface area (Å²) in [4.78, 5) is 16.8. The normalized spacial score (nSPS) is 11.6. The van der Waals surface area contributed by atoms with Gasteiger partial charge < -0.3 is 5.32 Å². The summed E-state index contributed by atoms with van der Waals surface area (Å²) in [5, 5.41) is 6.81. The maximum atomic E-state index is 12.8. The number of amides is 1. The average Bonchev–Trinajstić information content (AvgIpc) is 3.18. The van der Waals surface area contributed by atoms with Crippen LogP contribution in [0, 0.1) is 13.8 Å². The van der Waals surface area contributed by atoms with Crippen LogP contribution in [0.3, 0.4) is 0 Å². The van der Waals surface area contributed by atoms with Gasteiger partial charge in [0.15, 0.2) is 5.82 Å². The van der Waals surface area contributed by atoms with Crippen molar-refractivity contribution in [2.75, 3.05) is 18.9 Å². The van der Waals surface area contributed by atoms with Crippen LogP contribution in [0.2, 0.25) is 0 Å². The molecule has 0 unspecified atom stereocenters. The molecule has 9 heteroatoms. The predicted octanol–water partition coefficient (Wildman–Crippen LogP) is 2.14. The van der Waals surface area contributed by atoms with Crippen LogP contribution in [-0.4, -0.2) is 47.0 Å². The van der Waals surface area contributed by atoms with Crippen LogP contribution in [0.25, 0.3) is 5.82 Å². The van der Waals surface area contributed by atoms with Crippen molar-refractivity contribution in [1.82, 2.24) is 19.1 Å². The van der Waals surface area contributed by atoms with Gasteiger partial charge in [0.05, 0.1) is 17.1 Å². The molecule has 1 N–H and O–H groups in total. The summed E-state index contributed by atoms with van der Waals surface area (Å²) in [6.07, 6.45) is 4.89. The highest BCUT2D eigenvalue weighted by Gasteiger charge is 2.23. The zero-order chi connectivity index (χ0) is 20.3. The summed E-state index contributed by atoms with van der Waals surface area (Å²) < 4.78 is 28.1. The van der Waals surface area contributed by atoms with Crippen molar-refractivity contribution >= 4 is 21.6 Å². The largest absolute Gasteiger partial charge is 0.322 e. The van der Waals surface area contributed by atoms with Gasteiger partial charge in [-0.05, 0) is 55.3 Å². The number of sulfonamides is 1. The molecule has 2 heterocycles. The van der Waals surface area contributed by atoms with Gasteiger partial charge in [-0.25, -0.2) is 18.1 Å². The van der Waals surface area contributed by atoms with Crippen LogP contribution in [-0.2, 0) is 14.8 Å². The minimum Gasteiger partial charge on any atom is -0.322 e. The van der Waals surface area contributed by atoms with Crippen molar-refractivity contribution in [2.24, 2.45) is 0 Å². The Morgan fingerprint density at radius 1 is 1.14 bits per heavy atom. The van der Waals surface area contributed by atoms with Crippen molar-refractivity contribution < 1.29 is 13.2 Å². The first-order chi connectivity index (χ1) is 13.3. The number of hydrogen-bond acceptors (Lipinski definition) is 5.